The maximum Gasteiger partial charge on any atom is 0.272 e. The van der Waals surface area contributed by atoms with Gasteiger partial charge in [-0.15, -0.1) is 0 Å². The first kappa shape index (κ1) is 14.1. The van der Waals surface area contributed by atoms with Crippen LogP contribution in [0.25, 0.3) is 10.9 Å². The van der Waals surface area contributed by atoms with E-state index in [1.807, 2.05) is 24.3 Å². The standard InChI is InChI=1S/C16H22N4O/c1-11(2)20-8-7-12(10-20)9-17-16(21)15-13-5-3-4-6-14(13)18-19-15/h3-6,11-12H,7-10H2,1-2H3,(H,17,21)(H,18,19). The number of nitrogens with one attached hydrogen (secondary N) is 2. The summed E-state index contributed by atoms with van der Waals surface area (Å²) in [6.45, 7) is 7.36. The predicted molar refractivity (Wildman–Crippen MR) is 83.2 cm³/mol. The SMILES string of the molecule is CC(C)N1CCC(CNC(=O)c2n[nH]c3ccccc23)C1. The molecule has 1 amide bonds. The van der Waals surface area contributed by atoms with Crippen LogP contribution in [-0.2, 0) is 0 Å². The number of likely N-dealkylation sites (tertiary alicyclic amines) is 1. The Hall–Kier alpha value is -1.88. The maximum atomic E-state index is 12.3. The fraction of sp³-hybridized carbons (Fsp3) is 0.500. The number of carbonyl (C=O) groups excluding carboxylic acids is 1. The number of para-hydroxylation sites is 1. The molecule has 1 aromatic heterocycles. The number of carbonyl (C=O) groups is 1. The topological polar surface area (TPSA) is 61.0 Å². The Morgan fingerprint density at radius 3 is 3.05 bits per heavy atom. The van der Waals surface area contributed by atoms with Crippen LogP contribution in [0.4, 0.5) is 0 Å². The van der Waals surface area contributed by atoms with E-state index >= 15 is 0 Å². The summed E-state index contributed by atoms with van der Waals surface area (Å²) in [5, 5.41) is 10.9. The summed E-state index contributed by atoms with van der Waals surface area (Å²) in [7, 11) is 0. The summed E-state index contributed by atoms with van der Waals surface area (Å²) in [4.78, 5) is 14.7. The minimum atomic E-state index is -0.0875. The molecule has 21 heavy (non-hydrogen) atoms. The Morgan fingerprint density at radius 1 is 1.48 bits per heavy atom. The van der Waals surface area contributed by atoms with Crippen LogP contribution in [0.1, 0.15) is 30.8 Å². The molecule has 1 fully saturated rings. The molecule has 0 saturated carbocycles. The molecule has 1 aliphatic heterocycles. The normalized spacial score (nSPS) is 19.5. The third-order valence-corrected chi connectivity index (χ3v) is 4.28. The first-order valence-electron chi connectivity index (χ1n) is 7.60. The van der Waals surface area contributed by atoms with Gasteiger partial charge in [-0.3, -0.25) is 9.89 Å². The Labute approximate surface area is 124 Å². The van der Waals surface area contributed by atoms with Crippen LogP contribution in [0.3, 0.4) is 0 Å². The van der Waals surface area contributed by atoms with Gasteiger partial charge in [-0.1, -0.05) is 18.2 Å². The van der Waals surface area contributed by atoms with E-state index in [0.29, 0.717) is 17.7 Å². The van der Waals surface area contributed by atoms with Crippen molar-refractivity contribution in [2.45, 2.75) is 26.3 Å². The summed E-state index contributed by atoms with van der Waals surface area (Å²) in [5.41, 5.74) is 1.39. The number of rotatable bonds is 4. The number of fused-ring (bicyclic) bond motifs is 1. The summed E-state index contributed by atoms with van der Waals surface area (Å²) >= 11 is 0. The zero-order valence-electron chi connectivity index (χ0n) is 12.6. The molecule has 112 valence electrons. The zero-order chi connectivity index (χ0) is 14.8. The average Bonchev–Trinajstić information content (AvgIpc) is 3.11. The number of H-pyrrole nitrogens is 1. The van der Waals surface area contributed by atoms with Crippen molar-refractivity contribution in [3.05, 3.63) is 30.0 Å². The fourth-order valence-electron chi connectivity index (χ4n) is 2.96. The van der Waals surface area contributed by atoms with E-state index in [0.717, 1.165) is 37.0 Å². The highest BCUT2D eigenvalue weighted by atomic mass is 16.1. The van der Waals surface area contributed by atoms with E-state index in [1.165, 1.54) is 0 Å². The van der Waals surface area contributed by atoms with Gasteiger partial charge in [0.25, 0.3) is 5.91 Å². The zero-order valence-corrected chi connectivity index (χ0v) is 12.6. The molecule has 1 saturated heterocycles. The molecule has 2 N–H and O–H groups in total. The van der Waals surface area contributed by atoms with Crippen molar-refractivity contribution in [1.29, 1.82) is 0 Å². The van der Waals surface area contributed by atoms with Gasteiger partial charge in [-0.25, -0.2) is 0 Å². The van der Waals surface area contributed by atoms with E-state index in [-0.39, 0.29) is 5.91 Å². The molecule has 1 aliphatic rings. The van der Waals surface area contributed by atoms with E-state index in [2.05, 4.69) is 34.3 Å². The van der Waals surface area contributed by atoms with Crippen LogP contribution < -0.4 is 5.32 Å². The lowest BCUT2D eigenvalue weighted by molar-refractivity contribution is 0.0943. The lowest BCUT2D eigenvalue weighted by atomic mass is 10.1. The largest absolute Gasteiger partial charge is 0.350 e. The molecule has 0 radical (unpaired) electrons. The van der Waals surface area contributed by atoms with Gasteiger partial charge in [-0.2, -0.15) is 5.10 Å². The highest BCUT2D eigenvalue weighted by Gasteiger charge is 2.25. The molecule has 2 heterocycles. The molecular formula is C16H22N4O. The summed E-state index contributed by atoms with van der Waals surface area (Å²) < 4.78 is 0. The molecule has 1 aromatic carbocycles. The van der Waals surface area contributed by atoms with E-state index in [9.17, 15) is 4.79 Å². The van der Waals surface area contributed by atoms with Gasteiger partial charge in [0.2, 0.25) is 0 Å². The van der Waals surface area contributed by atoms with Crippen molar-refractivity contribution in [3.63, 3.8) is 0 Å². The number of amides is 1. The number of aromatic nitrogens is 2. The number of hydrogen-bond acceptors (Lipinski definition) is 3. The minimum absolute atomic E-state index is 0.0875. The van der Waals surface area contributed by atoms with Crippen molar-refractivity contribution in [2.75, 3.05) is 19.6 Å². The highest BCUT2D eigenvalue weighted by Crippen LogP contribution is 2.18. The molecule has 0 spiro atoms. The lowest BCUT2D eigenvalue weighted by Crippen LogP contribution is -2.33. The third-order valence-electron chi connectivity index (χ3n) is 4.28. The first-order valence-corrected chi connectivity index (χ1v) is 7.60. The minimum Gasteiger partial charge on any atom is -0.350 e. The molecule has 5 heteroatoms. The van der Waals surface area contributed by atoms with Crippen LogP contribution in [0, 0.1) is 5.92 Å². The number of hydrogen-bond donors (Lipinski definition) is 2. The Kier molecular flexibility index (Phi) is 3.92. The lowest BCUT2D eigenvalue weighted by Gasteiger charge is -2.20. The van der Waals surface area contributed by atoms with E-state index in [4.69, 9.17) is 0 Å². The number of aromatic amines is 1. The molecule has 3 rings (SSSR count). The molecule has 2 aromatic rings. The van der Waals surface area contributed by atoms with Crippen molar-refractivity contribution in [3.8, 4) is 0 Å². The first-order chi connectivity index (χ1) is 10.1. The summed E-state index contributed by atoms with van der Waals surface area (Å²) in [5.74, 6) is 0.456. The van der Waals surface area contributed by atoms with Gasteiger partial charge < -0.3 is 10.2 Å². The number of benzene rings is 1. The van der Waals surface area contributed by atoms with Gasteiger partial charge in [0.05, 0.1) is 5.52 Å². The summed E-state index contributed by atoms with van der Waals surface area (Å²) in [6.07, 6.45) is 1.15. The van der Waals surface area contributed by atoms with Crippen LogP contribution in [0.15, 0.2) is 24.3 Å². The molecule has 0 bridgehead atoms. The van der Waals surface area contributed by atoms with Crippen LogP contribution in [0.5, 0.6) is 0 Å². The average molecular weight is 286 g/mol. The van der Waals surface area contributed by atoms with Gasteiger partial charge >= 0.3 is 0 Å². The van der Waals surface area contributed by atoms with E-state index in [1.54, 1.807) is 0 Å². The van der Waals surface area contributed by atoms with Gasteiger partial charge in [0.1, 0.15) is 0 Å². The molecular weight excluding hydrogens is 264 g/mol. The van der Waals surface area contributed by atoms with Crippen molar-refractivity contribution in [2.24, 2.45) is 5.92 Å². The quantitative estimate of drug-likeness (QED) is 0.904. The van der Waals surface area contributed by atoms with Crippen molar-refractivity contribution in [1.82, 2.24) is 20.4 Å². The monoisotopic (exact) mass is 286 g/mol. The molecule has 1 unspecified atom stereocenters. The van der Waals surface area contributed by atoms with Crippen molar-refractivity contribution >= 4 is 16.8 Å². The second-order valence-electron chi connectivity index (χ2n) is 6.07. The summed E-state index contributed by atoms with van der Waals surface area (Å²) in [6, 6.07) is 8.29. The van der Waals surface area contributed by atoms with Crippen LogP contribution >= 0.6 is 0 Å². The Balaban J connectivity index is 1.60. The van der Waals surface area contributed by atoms with Crippen LogP contribution in [0.2, 0.25) is 0 Å². The maximum absolute atomic E-state index is 12.3. The Bertz CT molecular complexity index is 634. The molecule has 5 nitrogen and oxygen atoms in total. The number of nitrogens with zero attached hydrogens (tertiary/aromatic N) is 2. The Morgan fingerprint density at radius 2 is 2.29 bits per heavy atom. The smallest absolute Gasteiger partial charge is 0.272 e. The van der Waals surface area contributed by atoms with Gasteiger partial charge in [0.15, 0.2) is 5.69 Å². The fourth-order valence-corrected chi connectivity index (χ4v) is 2.96. The predicted octanol–water partition coefficient (Wildman–Crippen LogP) is 2.02. The second-order valence-corrected chi connectivity index (χ2v) is 6.07. The molecule has 0 aliphatic carbocycles. The third kappa shape index (κ3) is 2.93. The van der Waals surface area contributed by atoms with Crippen LogP contribution in [-0.4, -0.2) is 46.7 Å². The second kappa shape index (κ2) is 5.85. The van der Waals surface area contributed by atoms with E-state index < -0.39 is 0 Å². The highest BCUT2D eigenvalue weighted by molar-refractivity contribution is 6.04. The van der Waals surface area contributed by atoms with Gasteiger partial charge in [0, 0.05) is 24.5 Å². The molecule has 1 atom stereocenters. The van der Waals surface area contributed by atoms with Crippen molar-refractivity contribution < 1.29 is 4.79 Å². The van der Waals surface area contributed by atoms with Gasteiger partial charge in [-0.05, 0) is 38.8 Å².